The monoisotopic (exact) mass is 262 g/mol. The molecule has 1 atom stereocenters. The van der Waals surface area contributed by atoms with Gasteiger partial charge in [-0.2, -0.15) is 0 Å². The summed E-state index contributed by atoms with van der Waals surface area (Å²) in [5.74, 6) is 2.61. The van der Waals surface area contributed by atoms with Crippen molar-refractivity contribution in [1.29, 1.82) is 0 Å². The minimum Gasteiger partial charge on any atom is -0.392 e. The van der Waals surface area contributed by atoms with Gasteiger partial charge in [0.15, 0.2) is 0 Å². The zero-order valence-corrected chi connectivity index (χ0v) is 12.0. The maximum Gasteiger partial charge on any atom is 0.123 e. The lowest BCUT2D eigenvalue weighted by molar-refractivity contribution is 0.0675. The Kier molecular flexibility index (Phi) is 4.81. The number of aromatic nitrogens is 1. The van der Waals surface area contributed by atoms with Crippen LogP contribution in [0.2, 0.25) is 0 Å². The molecule has 0 spiro atoms. The first kappa shape index (κ1) is 14.3. The molecule has 1 aliphatic rings. The van der Waals surface area contributed by atoms with E-state index in [4.69, 9.17) is 5.73 Å². The van der Waals surface area contributed by atoms with E-state index >= 15 is 0 Å². The molecule has 1 saturated carbocycles. The van der Waals surface area contributed by atoms with Gasteiger partial charge in [0.05, 0.1) is 6.10 Å². The highest BCUT2D eigenvalue weighted by Gasteiger charge is 2.27. The van der Waals surface area contributed by atoms with Crippen LogP contribution in [0.15, 0.2) is 18.3 Å². The highest BCUT2D eigenvalue weighted by atomic mass is 16.3. The summed E-state index contributed by atoms with van der Waals surface area (Å²) in [6.07, 6.45) is 7.01. The standard InChI is InChI=1S/C16H26N2O/c1-11(2)13-3-5-14(6-4-13)15(19)9-12-7-8-18-16(17)10-12/h7-8,10-11,13-15,19H,3-6,9H2,1-2H3,(H2,17,18). The molecule has 0 aromatic carbocycles. The minimum absolute atomic E-state index is 0.241. The molecule has 0 aliphatic heterocycles. The molecule has 106 valence electrons. The molecule has 0 radical (unpaired) electrons. The van der Waals surface area contributed by atoms with Crippen LogP contribution in [0.1, 0.15) is 45.1 Å². The van der Waals surface area contributed by atoms with Crippen LogP contribution in [-0.4, -0.2) is 16.2 Å². The van der Waals surface area contributed by atoms with Gasteiger partial charge in [-0.05, 0) is 67.6 Å². The van der Waals surface area contributed by atoms with E-state index in [9.17, 15) is 5.11 Å². The first-order chi connectivity index (χ1) is 9.06. The predicted octanol–water partition coefficient (Wildman–Crippen LogP) is 3.03. The Labute approximate surface area is 116 Å². The normalized spacial score (nSPS) is 25.5. The average molecular weight is 262 g/mol. The van der Waals surface area contributed by atoms with Gasteiger partial charge in [-0.3, -0.25) is 0 Å². The van der Waals surface area contributed by atoms with Gasteiger partial charge in [-0.15, -0.1) is 0 Å². The van der Waals surface area contributed by atoms with E-state index in [1.54, 1.807) is 6.20 Å². The lowest BCUT2D eigenvalue weighted by atomic mass is 9.74. The summed E-state index contributed by atoms with van der Waals surface area (Å²) in [6.45, 7) is 4.61. The Bertz CT molecular complexity index is 397. The second kappa shape index (κ2) is 6.38. The zero-order valence-electron chi connectivity index (χ0n) is 12.0. The number of pyridine rings is 1. The van der Waals surface area contributed by atoms with Crippen LogP contribution in [0.5, 0.6) is 0 Å². The molecule has 2 rings (SSSR count). The molecule has 1 fully saturated rings. The zero-order chi connectivity index (χ0) is 13.8. The van der Waals surface area contributed by atoms with Crippen LogP contribution in [0.25, 0.3) is 0 Å². The Balaban J connectivity index is 1.86. The molecular weight excluding hydrogens is 236 g/mol. The fraction of sp³-hybridized carbons (Fsp3) is 0.688. The van der Waals surface area contributed by atoms with Crippen molar-refractivity contribution < 1.29 is 5.11 Å². The van der Waals surface area contributed by atoms with E-state index in [1.165, 1.54) is 12.8 Å². The lowest BCUT2D eigenvalue weighted by Crippen LogP contribution is -2.28. The number of anilines is 1. The highest BCUT2D eigenvalue weighted by molar-refractivity contribution is 5.32. The number of aliphatic hydroxyl groups excluding tert-OH is 1. The van der Waals surface area contributed by atoms with Crippen LogP contribution >= 0.6 is 0 Å². The predicted molar refractivity (Wildman–Crippen MR) is 78.6 cm³/mol. The second-order valence-electron chi connectivity index (χ2n) is 6.28. The fourth-order valence-electron chi connectivity index (χ4n) is 3.23. The van der Waals surface area contributed by atoms with Crippen LogP contribution in [0.4, 0.5) is 5.82 Å². The summed E-state index contributed by atoms with van der Waals surface area (Å²) in [7, 11) is 0. The molecule has 0 bridgehead atoms. The molecule has 0 amide bonds. The summed E-state index contributed by atoms with van der Waals surface area (Å²) < 4.78 is 0. The summed E-state index contributed by atoms with van der Waals surface area (Å²) >= 11 is 0. The van der Waals surface area contributed by atoms with Gasteiger partial charge in [-0.25, -0.2) is 4.98 Å². The fourth-order valence-corrected chi connectivity index (χ4v) is 3.23. The van der Waals surface area contributed by atoms with E-state index in [2.05, 4.69) is 18.8 Å². The SMILES string of the molecule is CC(C)C1CCC(C(O)Cc2ccnc(N)c2)CC1. The molecule has 3 nitrogen and oxygen atoms in total. The summed E-state index contributed by atoms with van der Waals surface area (Å²) in [5.41, 5.74) is 6.76. The van der Waals surface area contributed by atoms with Gasteiger partial charge in [0.25, 0.3) is 0 Å². The van der Waals surface area contributed by atoms with Crippen LogP contribution in [0, 0.1) is 17.8 Å². The van der Waals surface area contributed by atoms with E-state index in [1.807, 2.05) is 12.1 Å². The third-order valence-electron chi connectivity index (χ3n) is 4.59. The van der Waals surface area contributed by atoms with E-state index in [-0.39, 0.29) is 6.10 Å². The Hall–Kier alpha value is -1.09. The molecular formula is C16H26N2O. The molecule has 1 aliphatic carbocycles. The molecule has 3 N–H and O–H groups in total. The largest absolute Gasteiger partial charge is 0.392 e. The molecule has 1 aromatic heterocycles. The minimum atomic E-state index is -0.241. The molecule has 19 heavy (non-hydrogen) atoms. The van der Waals surface area contributed by atoms with Crippen LogP contribution in [-0.2, 0) is 6.42 Å². The third kappa shape index (κ3) is 3.93. The van der Waals surface area contributed by atoms with Gasteiger partial charge < -0.3 is 10.8 Å². The van der Waals surface area contributed by atoms with Gasteiger partial charge in [0.2, 0.25) is 0 Å². The van der Waals surface area contributed by atoms with Crippen molar-refractivity contribution in [2.75, 3.05) is 5.73 Å². The summed E-state index contributed by atoms with van der Waals surface area (Å²) in [5, 5.41) is 10.4. The summed E-state index contributed by atoms with van der Waals surface area (Å²) in [4.78, 5) is 3.99. The van der Waals surface area contributed by atoms with E-state index < -0.39 is 0 Å². The van der Waals surface area contributed by atoms with Gasteiger partial charge in [-0.1, -0.05) is 13.8 Å². The maximum atomic E-state index is 10.4. The second-order valence-corrected chi connectivity index (χ2v) is 6.28. The van der Waals surface area contributed by atoms with Crippen molar-refractivity contribution in [3.8, 4) is 0 Å². The average Bonchev–Trinajstić information content (AvgIpc) is 2.39. The third-order valence-corrected chi connectivity index (χ3v) is 4.59. The molecule has 1 heterocycles. The van der Waals surface area contributed by atoms with Crippen molar-refractivity contribution in [1.82, 2.24) is 4.98 Å². The number of nitrogens with two attached hydrogens (primary N) is 1. The summed E-state index contributed by atoms with van der Waals surface area (Å²) in [6, 6.07) is 3.81. The first-order valence-electron chi connectivity index (χ1n) is 7.44. The molecule has 1 aromatic rings. The number of rotatable bonds is 4. The topological polar surface area (TPSA) is 59.1 Å². The van der Waals surface area contributed by atoms with Crippen LogP contribution in [0.3, 0.4) is 0 Å². The van der Waals surface area contributed by atoms with Crippen LogP contribution < -0.4 is 5.73 Å². The maximum absolute atomic E-state index is 10.4. The van der Waals surface area contributed by atoms with Gasteiger partial charge >= 0.3 is 0 Å². The number of nitrogen functional groups attached to an aromatic ring is 1. The van der Waals surface area contributed by atoms with Crippen molar-refractivity contribution in [2.24, 2.45) is 17.8 Å². The molecule has 1 unspecified atom stereocenters. The van der Waals surface area contributed by atoms with E-state index in [0.717, 1.165) is 30.2 Å². The molecule has 3 heteroatoms. The Morgan fingerprint density at radius 2 is 1.89 bits per heavy atom. The highest BCUT2D eigenvalue weighted by Crippen LogP contribution is 2.35. The first-order valence-corrected chi connectivity index (χ1v) is 7.44. The Morgan fingerprint density at radius 3 is 2.47 bits per heavy atom. The van der Waals surface area contributed by atoms with Gasteiger partial charge in [0.1, 0.15) is 5.82 Å². The number of hydrogen-bond acceptors (Lipinski definition) is 3. The van der Waals surface area contributed by atoms with Crippen molar-refractivity contribution >= 4 is 5.82 Å². The number of nitrogens with zero attached hydrogens (tertiary/aromatic N) is 1. The smallest absolute Gasteiger partial charge is 0.123 e. The van der Waals surface area contributed by atoms with Gasteiger partial charge in [0, 0.05) is 6.20 Å². The lowest BCUT2D eigenvalue weighted by Gasteiger charge is -2.33. The van der Waals surface area contributed by atoms with Crippen molar-refractivity contribution in [3.63, 3.8) is 0 Å². The number of aliphatic hydroxyl groups is 1. The van der Waals surface area contributed by atoms with Crippen molar-refractivity contribution in [2.45, 2.75) is 52.1 Å². The quantitative estimate of drug-likeness (QED) is 0.877. The Morgan fingerprint density at radius 1 is 1.26 bits per heavy atom. The van der Waals surface area contributed by atoms with Crippen molar-refractivity contribution in [3.05, 3.63) is 23.9 Å². The molecule has 0 saturated heterocycles. The van der Waals surface area contributed by atoms with E-state index in [0.29, 0.717) is 18.2 Å². The number of hydrogen-bond donors (Lipinski definition) is 2.